The molecule has 2 unspecified atom stereocenters. The summed E-state index contributed by atoms with van der Waals surface area (Å²) in [6, 6.07) is 6.64. The standard InChI is InChI=1S/C17H22F2N2O3/c1-11-7-14(11)17(23)20-6-5-16(22)21-9-12-3-2-4-13(8-12)24-10-15(18)19/h2-4,8,11,14-15H,5-7,9-10H2,1H3,(H,20,23)(H,21,22). The van der Waals surface area contributed by atoms with Crippen molar-refractivity contribution in [3.05, 3.63) is 29.8 Å². The van der Waals surface area contributed by atoms with E-state index in [4.69, 9.17) is 4.74 Å². The molecule has 0 heterocycles. The van der Waals surface area contributed by atoms with Gasteiger partial charge in [0.05, 0.1) is 0 Å². The van der Waals surface area contributed by atoms with Crippen LogP contribution in [0.3, 0.4) is 0 Å². The molecule has 1 aromatic carbocycles. The van der Waals surface area contributed by atoms with Gasteiger partial charge in [-0.3, -0.25) is 9.59 Å². The largest absolute Gasteiger partial charge is 0.488 e. The van der Waals surface area contributed by atoms with E-state index in [2.05, 4.69) is 10.6 Å². The van der Waals surface area contributed by atoms with E-state index in [1.165, 1.54) is 0 Å². The number of carbonyl (C=O) groups excluding carboxylic acids is 2. The third-order valence-electron chi connectivity index (χ3n) is 3.86. The predicted octanol–water partition coefficient (Wildman–Crippen LogP) is 2.11. The Kier molecular flexibility index (Phi) is 6.52. The number of benzene rings is 1. The van der Waals surface area contributed by atoms with Gasteiger partial charge >= 0.3 is 0 Å². The molecule has 7 heteroatoms. The SMILES string of the molecule is CC1CC1C(=O)NCCC(=O)NCc1cccc(OCC(F)F)c1. The fraction of sp³-hybridized carbons (Fsp3) is 0.529. The van der Waals surface area contributed by atoms with Gasteiger partial charge in [0.15, 0.2) is 0 Å². The number of halogens is 2. The molecule has 0 spiro atoms. The highest BCUT2D eigenvalue weighted by atomic mass is 19.3. The molecule has 0 aliphatic heterocycles. The Hall–Kier alpha value is -2.18. The van der Waals surface area contributed by atoms with Crippen LogP contribution in [0.4, 0.5) is 8.78 Å². The topological polar surface area (TPSA) is 67.4 Å². The van der Waals surface area contributed by atoms with Gasteiger partial charge in [-0.05, 0) is 30.0 Å². The molecule has 5 nitrogen and oxygen atoms in total. The van der Waals surface area contributed by atoms with Crippen molar-refractivity contribution >= 4 is 11.8 Å². The maximum absolute atomic E-state index is 12.1. The van der Waals surface area contributed by atoms with Crippen LogP contribution in [0.2, 0.25) is 0 Å². The van der Waals surface area contributed by atoms with Gasteiger partial charge in [-0.2, -0.15) is 0 Å². The molecule has 0 saturated heterocycles. The van der Waals surface area contributed by atoms with Crippen LogP contribution < -0.4 is 15.4 Å². The molecule has 0 bridgehead atoms. The number of carbonyl (C=O) groups is 2. The average molecular weight is 340 g/mol. The molecular formula is C17H22F2N2O3. The van der Waals surface area contributed by atoms with E-state index in [1.54, 1.807) is 24.3 Å². The molecule has 1 aliphatic carbocycles. The van der Waals surface area contributed by atoms with Gasteiger partial charge in [0.25, 0.3) is 6.43 Å². The van der Waals surface area contributed by atoms with Crippen molar-refractivity contribution in [1.29, 1.82) is 0 Å². The first kappa shape index (κ1) is 18.2. The number of rotatable bonds is 9. The minimum Gasteiger partial charge on any atom is -0.488 e. The first-order valence-electron chi connectivity index (χ1n) is 8.00. The first-order valence-corrected chi connectivity index (χ1v) is 8.00. The van der Waals surface area contributed by atoms with Crippen molar-refractivity contribution in [1.82, 2.24) is 10.6 Å². The van der Waals surface area contributed by atoms with E-state index in [1.807, 2.05) is 6.92 Å². The Morgan fingerprint density at radius 2 is 2.08 bits per heavy atom. The minimum absolute atomic E-state index is 0.0131. The van der Waals surface area contributed by atoms with Crippen LogP contribution >= 0.6 is 0 Å². The van der Waals surface area contributed by atoms with Gasteiger partial charge in [-0.15, -0.1) is 0 Å². The van der Waals surface area contributed by atoms with Crippen molar-refractivity contribution in [2.24, 2.45) is 11.8 Å². The molecular weight excluding hydrogens is 318 g/mol. The second-order valence-corrected chi connectivity index (χ2v) is 5.99. The van der Waals surface area contributed by atoms with Gasteiger partial charge in [0.1, 0.15) is 12.4 Å². The van der Waals surface area contributed by atoms with Crippen molar-refractivity contribution in [3.8, 4) is 5.75 Å². The van der Waals surface area contributed by atoms with Crippen LogP contribution in [0, 0.1) is 11.8 Å². The van der Waals surface area contributed by atoms with Gasteiger partial charge in [-0.1, -0.05) is 19.1 Å². The minimum atomic E-state index is -2.53. The zero-order valence-electron chi connectivity index (χ0n) is 13.6. The highest BCUT2D eigenvalue weighted by molar-refractivity contribution is 5.82. The normalized spacial score (nSPS) is 19.0. The number of hydrogen-bond acceptors (Lipinski definition) is 3. The van der Waals surface area contributed by atoms with E-state index in [0.717, 1.165) is 12.0 Å². The van der Waals surface area contributed by atoms with Crippen LogP contribution in [0.25, 0.3) is 0 Å². The lowest BCUT2D eigenvalue weighted by atomic mass is 10.2. The summed E-state index contributed by atoms with van der Waals surface area (Å²) in [6.45, 7) is 1.95. The third-order valence-corrected chi connectivity index (χ3v) is 3.86. The summed E-state index contributed by atoms with van der Waals surface area (Å²) in [5.41, 5.74) is 0.756. The Balaban J connectivity index is 1.65. The zero-order valence-corrected chi connectivity index (χ0v) is 13.6. The molecule has 24 heavy (non-hydrogen) atoms. The number of ether oxygens (including phenoxy) is 1. The van der Waals surface area contributed by atoms with E-state index in [9.17, 15) is 18.4 Å². The van der Waals surface area contributed by atoms with Crippen LogP contribution in [0.5, 0.6) is 5.75 Å². The highest BCUT2D eigenvalue weighted by Crippen LogP contribution is 2.37. The van der Waals surface area contributed by atoms with Gasteiger partial charge in [0, 0.05) is 25.4 Å². The van der Waals surface area contributed by atoms with Gasteiger partial charge < -0.3 is 15.4 Å². The lowest BCUT2D eigenvalue weighted by molar-refractivity contribution is -0.123. The van der Waals surface area contributed by atoms with Crippen molar-refractivity contribution in [3.63, 3.8) is 0 Å². The van der Waals surface area contributed by atoms with E-state index in [0.29, 0.717) is 18.2 Å². The molecule has 1 fully saturated rings. The van der Waals surface area contributed by atoms with E-state index >= 15 is 0 Å². The number of nitrogens with one attached hydrogen (secondary N) is 2. The monoisotopic (exact) mass is 340 g/mol. The molecule has 1 saturated carbocycles. The van der Waals surface area contributed by atoms with Gasteiger partial charge in [-0.25, -0.2) is 8.78 Å². The Morgan fingerprint density at radius 1 is 1.33 bits per heavy atom. The first-order chi connectivity index (χ1) is 11.5. The fourth-order valence-corrected chi connectivity index (χ4v) is 2.31. The molecule has 0 aromatic heterocycles. The Bertz CT molecular complexity index is 581. The molecule has 2 N–H and O–H groups in total. The summed E-state index contributed by atoms with van der Waals surface area (Å²) in [7, 11) is 0. The summed E-state index contributed by atoms with van der Waals surface area (Å²) in [4.78, 5) is 23.4. The van der Waals surface area contributed by atoms with Crippen LogP contribution in [0.1, 0.15) is 25.3 Å². The lowest BCUT2D eigenvalue weighted by Crippen LogP contribution is -2.31. The molecule has 2 rings (SSSR count). The van der Waals surface area contributed by atoms with Crippen LogP contribution in [-0.2, 0) is 16.1 Å². The quantitative estimate of drug-likeness (QED) is 0.723. The summed E-state index contributed by atoms with van der Waals surface area (Å²) < 4.78 is 29.2. The fourth-order valence-electron chi connectivity index (χ4n) is 2.31. The summed E-state index contributed by atoms with van der Waals surface area (Å²) in [6.07, 6.45) is -1.40. The Labute approximate surface area is 139 Å². The second kappa shape index (κ2) is 8.61. The summed E-state index contributed by atoms with van der Waals surface area (Å²) in [5, 5.41) is 5.47. The molecule has 2 atom stereocenters. The maximum atomic E-state index is 12.1. The molecule has 0 radical (unpaired) electrons. The van der Waals surface area contributed by atoms with Crippen LogP contribution in [0.15, 0.2) is 24.3 Å². The summed E-state index contributed by atoms with van der Waals surface area (Å²) in [5.74, 6) is 0.715. The zero-order chi connectivity index (χ0) is 17.5. The number of hydrogen-bond donors (Lipinski definition) is 2. The highest BCUT2D eigenvalue weighted by Gasteiger charge is 2.38. The van der Waals surface area contributed by atoms with Crippen LogP contribution in [-0.4, -0.2) is 31.4 Å². The van der Waals surface area contributed by atoms with Crippen molar-refractivity contribution < 1.29 is 23.1 Å². The molecule has 132 valence electrons. The second-order valence-electron chi connectivity index (χ2n) is 5.99. The number of amides is 2. The Morgan fingerprint density at radius 3 is 2.75 bits per heavy atom. The number of alkyl halides is 2. The molecule has 1 aliphatic rings. The lowest BCUT2D eigenvalue weighted by Gasteiger charge is -2.09. The predicted molar refractivity (Wildman–Crippen MR) is 84.7 cm³/mol. The van der Waals surface area contributed by atoms with E-state index in [-0.39, 0.29) is 30.7 Å². The third kappa shape index (κ3) is 6.14. The molecule has 1 aromatic rings. The van der Waals surface area contributed by atoms with Crippen molar-refractivity contribution in [2.75, 3.05) is 13.2 Å². The van der Waals surface area contributed by atoms with E-state index < -0.39 is 13.0 Å². The maximum Gasteiger partial charge on any atom is 0.272 e. The smallest absolute Gasteiger partial charge is 0.272 e. The van der Waals surface area contributed by atoms with Gasteiger partial charge in [0.2, 0.25) is 11.8 Å². The van der Waals surface area contributed by atoms with Crippen molar-refractivity contribution in [2.45, 2.75) is 32.7 Å². The summed E-state index contributed by atoms with van der Waals surface area (Å²) >= 11 is 0. The average Bonchev–Trinajstić information content (AvgIpc) is 3.28. The molecule has 2 amide bonds.